The van der Waals surface area contributed by atoms with Gasteiger partial charge in [0.25, 0.3) is 11.6 Å². The summed E-state index contributed by atoms with van der Waals surface area (Å²) in [5.41, 5.74) is 1.03. The van der Waals surface area contributed by atoms with E-state index in [1.807, 2.05) is 0 Å². The van der Waals surface area contributed by atoms with Gasteiger partial charge in [-0.2, -0.15) is 0 Å². The van der Waals surface area contributed by atoms with Gasteiger partial charge >= 0.3 is 5.97 Å². The molecule has 126 valence electrons. The zero-order chi connectivity index (χ0) is 18.3. The fourth-order valence-electron chi connectivity index (χ4n) is 3.07. The molecule has 0 radical (unpaired) electrons. The smallest absolute Gasteiger partial charge is 0.338 e. The topological polar surface area (TPSA) is 102 Å². The second kappa shape index (κ2) is 5.86. The molecule has 0 saturated carbocycles. The molecule has 0 amide bonds. The van der Waals surface area contributed by atoms with Crippen LogP contribution in [0.1, 0.15) is 32.0 Å². The first kappa shape index (κ1) is 16.4. The number of nitrogens with zero attached hydrogens (tertiary/aromatic N) is 2. The fraction of sp³-hybridized carbons (Fsp3) is 0.111. The predicted octanol–water partition coefficient (Wildman–Crippen LogP) is 3.55. The van der Waals surface area contributed by atoms with E-state index in [0.717, 1.165) is 0 Å². The second-order valence-electron chi connectivity index (χ2n) is 5.63. The molecule has 0 aliphatic heterocycles. The average molecular weight is 338 g/mol. The molecular formula is C18H14N2O5. The summed E-state index contributed by atoms with van der Waals surface area (Å²) >= 11 is 0. The standard InChI is InChI=1S/C18H14N2O5/c1-10-12(7-5-9-14(10)20(24)25)17(21)19-11(2)16(18(22)23)13-6-3-4-8-15(13)19/h3-9H,1-2H3,(H,22,23). The predicted molar refractivity (Wildman–Crippen MR) is 91.2 cm³/mol. The molecule has 0 aliphatic rings. The lowest BCUT2D eigenvalue weighted by molar-refractivity contribution is -0.385. The number of hydrogen-bond acceptors (Lipinski definition) is 4. The minimum Gasteiger partial charge on any atom is -0.478 e. The molecule has 1 aromatic heterocycles. The van der Waals surface area contributed by atoms with E-state index >= 15 is 0 Å². The van der Waals surface area contributed by atoms with Crippen molar-refractivity contribution in [3.63, 3.8) is 0 Å². The highest BCUT2D eigenvalue weighted by Gasteiger charge is 2.25. The summed E-state index contributed by atoms with van der Waals surface area (Å²) in [5, 5.41) is 21.1. The van der Waals surface area contributed by atoms with Crippen molar-refractivity contribution in [3.05, 3.63) is 75.0 Å². The van der Waals surface area contributed by atoms with Crippen LogP contribution in [-0.4, -0.2) is 26.5 Å². The van der Waals surface area contributed by atoms with Gasteiger partial charge in [0.1, 0.15) is 0 Å². The van der Waals surface area contributed by atoms with Crippen molar-refractivity contribution >= 4 is 28.5 Å². The maximum atomic E-state index is 13.1. The number of para-hydroxylation sites is 1. The first-order valence-corrected chi connectivity index (χ1v) is 7.46. The largest absolute Gasteiger partial charge is 0.478 e. The SMILES string of the molecule is Cc1c(C(=O)n2c(C)c(C(=O)O)c3ccccc32)cccc1[N+](=O)[O-]. The Morgan fingerprint density at radius 2 is 1.76 bits per heavy atom. The summed E-state index contributed by atoms with van der Waals surface area (Å²) in [6.07, 6.45) is 0. The Kier molecular flexibility index (Phi) is 3.84. The molecule has 1 N–H and O–H groups in total. The van der Waals surface area contributed by atoms with Crippen LogP contribution < -0.4 is 0 Å². The molecular weight excluding hydrogens is 324 g/mol. The lowest BCUT2D eigenvalue weighted by Crippen LogP contribution is -2.16. The van der Waals surface area contributed by atoms with Crippen LogP contribution in [-0.2, 0) is 0 Å². The number of carboxylic acids is 1. The van der Waals surface area contributed by atoms with Crippen molar-refractivity contribution in [2.24, 2.45) is 0 Å². The lowest BCUT2D eigenvalue weighted by atomic mass is 10.1. The number of carbonyl (C=O) groups is 2. The van der Waals surface area contributed by atoms with Crippen molar-refractivity contribution in [2.45, 2.75) is 13.8 Å². The number of rotatable bonds is 3. The highest BCUT2D eigenvalue weighted by atomic mass is 16.6. The van der Waals surface area contributed by atoms with Crippen LogP contribution in [0.4, 0.5) is 5.69 Å². The first-order chi connectivity index (χ1) is 11.8. The van der Waals surface area contributed by atoms with E-state index in [9.17, 15) is 24.8 Å². The van der Waals surface area contributed by atoms with Gasteiger partial charge in [0.2, 0.25) is 0 Å². The number of nitro groups is 1. The number of nitro benzene ring substituents is 1. The Labute approximate surface area is 142 Å². The van der Waals surface area contributed by atoms with E-state index in [1.54, 1.807) is 31.2 Å². The summed E-state index contributed by atoms with van der Waals surface area (Å²) < 4.78 is 1.30. The maximum absolute atomic E-state index is 13.1. The van der Waals surface area contributed by atoms with E-state index in [0.29, 0.717) is 10.9 Å². The van der Waals surface area contributed by atoms with Crippen LogP contribution in [0.15, 0.2) is 42.5 Å². The van der Waals surface area contributed by atoms with Gasteiger partial charge in [0.15, 0.2) is 0 Å². The quantitative estimate of drug-likeness (QED) is 0.581. The number of aromatic nitrogens is 1. The highest BCUT2D eigenvalue weighted by Crippen LogP contribution is 2.29. The van der Waals surface area contributed by atoms with Gasteiger partial charge in [0, 0.05) is 22.7 Å². The summed E-state index contributed by atoms with van der Waals surface area (Å²) in [6, 6.07) is 11.0. The van der Waals surface area contributed by atoms with Crippen LogP contribution >= 0.6 is 0 Å². The van der Waals surface area contributed by atoms with E-state index in [2.05, 4.69) is 0 Å². The van der Waals surface area contributed by atoms with E-state index < -0.39 is 16.8 Å². The Bertz CT molecular complexity index is 1050. The van der Waals surface area contributed by atoms with Gasteiger partial charge in [-0.3, -0.25) is 19.5 Å². The van der Waals surface area contributed by atoms with E-state index in [1.165, 1.54) is 29.7 Å². The molecule has 3 rings (SSSR count). The Balaban J connectivity index is 2.30. The molecule has 0 spiro atoms. The van der Waals surface area contributed by atoms with Crippen molar-refractivity contribution in [2.75, 3.05) is 0 Å². The third kappa shape index (κ3) is 2.46. The number of fused-ring (bicyclic) bond motifs is 1. The van der Waals surface area contributed by atoms with Gasteiger partial charge in [-0.15, -0.1) is 0 Å². The molecule has 0 bridgehead atoms. The summed E-state index contributed by atoms with van der Waals surface area (Å²) in [5.74, 6) is -1.63. The molecule has 0 unspecified atom stereocenters. The zero-order valence-electron chi connectivity index (χ0n) is 13.5. The average Bonchev–Trinajstić information content (AvgIpc) is 2.86. The number of hydrogen-bond donors (Lipinski definition) is 1. The van der Waals surface area contributed by atoms with E-state index in [-0.39, 0.29) is 28.1 Å². The molecule has 3 aromatic rings. The molecule has 7 heteroatoms. The van der Waals surface area contributed by atoms with Gasteiger partial charge in [0.05, 0.1) is 21.6 Å². The zero-order valence-corrected chi connectivity index (χ0v) is 13.5. The third-order valence-electron chi connectivity index (χ3n) is 4.26. The molecule has 25 heavy (non-hydrogen) atoms. The molecule has 0 atom stereocenters. The fourth-order valence-corrected chi connectivity index (χ4v) is 3.07. The van der Waals surface area contributed by atoms with Crippen molar-refractivity contribution < 1.29 is 19.6 Å². The molecule has 1 heterocycles. The molecule has 0 fully saturated rings. The normalized spacial score (nSPS) is 10.8. The Morgan fingerprint density at radius 1 is 1.08 bits per heavy atom. The number of carbonyl (C=O) groups excluding carboxylic acids is 1. The van der Waals surface area contributed by atoms with Crippen LogP contribution in [0.5, 0.6) is 0 Å². The minimum absolute atomic E-state index is 0.0482. The number of aromatic carboxylic acids is 1. The summed E-state index contributed by atoms with van der Waals surface area (Å²) in [6.45, 7) is 3.05. The minimum atomic E-state index is -1.13. The Hall–Kier alpha value is -3.48. The van der Waals surface area contributed by atoms with Crippen molar-refractivity contribution in [1.29, 1.82) is 0 Å². The van der Waals surface area contributed by atoms with Crippen LogP contribution in [0.3, 0.4) is 0 Å². The number of carboxylic acid groups (broad SMARTS) is 1. The summed E-state index contributed by atoms with van der Waals surface area (Å²) in [4.78, 5) is 35.2. The maximum Gasteiger partial charge on any atom is 0.338 e. The van der Waals surface area contributed by atoms with Gasteiger partial charge in [-0.05, 0) is 26.0 Å². The van der Waals surface area contributed by atoms with E-state index in [4.69, 9.17) is 0 Å². The molecule has 0 aliphatic carbocycles. The molecule has 0 saturated heterocycles. The Morgan fingerprint density at radius 3 is 2.40 bits per heavy atom. The van der Waals surface area contributed by atoms with Crippen molar-refractivity contribution in [3.8, 4) is 0 Å². The monoisotopic (exact) mass is 338 g/mol. The van der Waals surface area contributed by atoms with Crippen molar-refractivity contribution in [1.82, 2.24) is 4.57 Å². The first-order valence-electron chi connectivity index (χ1n) is 7.46. The third-order valence-corrected chi connectivity index (χ3v) is 4.26. The highest BCUT2D eigenvalue weighted by molar-refractivity contribution is 6.11. The second-order valence-corrected chi connectivity index (χ2v) is 5.63. The van der Waals surface area contributed by atoms with Gasteiger partial charge < -0.3 is 5.11 Å². The number of benzene rings is 2. The van der Waals surface area contributed by atoms with Crippen LogP contribution in [0.25, 0.3) is 10.9 Å². The van der Waals surface area contributed by atoms with Gasteiger partial charge in [-0.1, -0.05) is 24.3 Å². The van der Waals surface area contributed by atoms with Gasteiger partial charge in [-0.25, -0.2) is 4.79 Å². The van der Waals surface area contributed by atoms with Crippen LogP contribution in [0.2, 0.25) is 0 Å². The summed E-state index contributed by atoms with van der Waals surface area (Å²) in [7, 11) is 0. The molecule has 2 aromatic carbocycles. The lowest BCUT2D eigenvalue weighted by Gasteiger charge is -2.09. The van der Waals surface area contributed by atoms with Crippen LogP contribution in [0, 0.1) is 24.0 Å². The molecule has 7 nitrogen and oxygen atoms in total.